The number of rotatable bonds is 3. The van der Waals surface area contributed by atoms with Gasteiger partial charge in [0.25, 0.3) is 0 Å². The summed E-state index contributed by atoms with van der Waals surface area (Å²) in [5.74, 6) is -1.10. The van der Waals surface area contributed by atoms with Gasteiger partial charge in [0.2, 0.25) is 0 Å². The van der Waals surface area contributed by atoms with E-state index in [1.54, 1.807) is 5.38 Å². The minimum absolute atomic E-state index is 0.0589. The number of carbonyl (C=O) groups is 1. The van der Waals surface area contributed by atoms with Crippen LogP contribution in [0.3, 0.4) is 0 Å². The Labute approximate surface area is 87.0 Å². The Hall–Kier alpha value is -1.10. The van der Waals surface area contributed by atoms with Gasteiger partial charge in [-0.3, -0.25) is 0 Å². The highest BCUT2D eigenvalue weighted by Gasteiger charge is 2.11. The van der Waals surface area contributed by atoms with E-state index in [0.717, 1.165) is 5.13 Å². The van der Waals surface area contributed by atoms with Gasteiger partial charge in [-0.15, -0.1) is 11.3 Å². The first-order valence-corrected chi connectivity index (χ1v) is 5.17. The number of aromatic nitrogens is 1. The molecule has 0 aliphatic carbocycles. The SMILES string of the molecule is CC(C)(C)Nc1nc(CC(=O)[O-])cs1. The quantitative estimate of drug-likeness (QED) is 0.800. The molecule has 14 heavy (non-hydrogen) atoms. The van der Waals surface area contributed by atoms with E-state index in [-0.39, 0.29) is 12.0 Å². The van der Waals surface area contributed by atoms with Gasteiger partial charge < -0.3 is 15.2 Å². The summed E-state index contributed by atoms with van der Waals surface area (Å²) in [6, 6.07) is 0. The van der Waals surface area contributed by atoms with E-state index in [2.05, 4.69) is 10.3 Å². The average molecular weight is 213 g/mol. The standard InChI is InChI=1S/C9H14N2O2S/c1-9(2,3)11-8-10-6(5-14-8)4-7(12)13/h5H,4H2,1-3H3,(H,10,11)(H,12,13)/p-1. The Kier molecular flexibility index (Phi) is 3.10. The predicted octanol–water partition coefficient (Wildman–Crippen LogP) is 0.646. The van der Waals surface area contributed by atoms with E-state index in [0.29, 0.717) is 5.69 Å². The van der Waals surface area contributed by atoms with Gasteiger partial charge in [-0.1, -0.05) is 0 Å². The van der Waals surface area contributed by atoms with E-state index in [1.165, 1.54) is 11.3 Å². The van der Waals surface area contributed by atoms with Crippen LogP contribution in [0.5, 0.6) is 0 Å². The van der Waals surface area contributed by atoms with E-state index >= 15 is 0 Å². The summed E-state index contributed by atoms with van der Waals surface area (Å²) >= 11 is 1.41. The first-order chi connectivity index (χ1) is 6.37. The zero-order valence-electron chi connectivity index (χ0n) is 8.46. The van der Waals surface area contributed by atoms with Gasteiger partial charge in [-0.2, -0.15) is 0 Å². The molecule has 0 bridgehead atoms. The van der Waals surface area contributed by atoms with Crippen molar-refractivity contribution < 1.29 is 9.90 Å². The van der Waals surface area contributed by atoms with Crippen LogP contribution in [-0.2, 0) is 11.2 Å². The monoisotopic (exact) mass is 213 g/mol. The Balaban J connectivity index is 2.64. The molecular formula is C9H13N2O2S-. The predicted molar refractivity (Wildman–Crippen MR) is 54.2 cm³/mol. The number of hydrogen-bond acceptors (Lipinski definition) is 5. The molecule has 0 saturated heterocycles. The molecule has 0 atom stereocenters. The van der Waals surface area contributed by atoms with Gasteiger partial charge in [0.05, 0.1) is 5.69 Å². The number of carboxylic acids is 1. The minimum Gasteiger partial charge on any atom is -0.550 e. The molecule has 1 N–H and O–H groups in total. The molecule has 1 heterocycles. The first kappa shape index (κ1) is 11.0. The lowest BCUT2D eigenvalue weighted by Crippen LogP contribution is -2.26. The van der Waals surface area contributed by atoms with Crippen molar-refractivity contribution in [2.45, 2.75) is 32.7 Å². The second-order valence-electron chi connectivity index (χ2n) is 4.07. The lowest BCUT2D eigenvalue weighted by atomic mass is 10.1. The van der Waals surface area contributed by atoms with E-state index in [9.17, 15) is 9.90 Å². The summed E-state index contributed by atoms with van der Waals surface area (Å²) in [7, 11) is 0. The number of carboxylic acid groups (broad SMARTS) is 1. The van der Waals surface area contributed by atoms with E-state index in [1.807, 2.05) is 20.8 Å². The van der Waals surface area contributed by atoms with Crippen molar-refractivity contribution in [3.63, 3.8) is 0 Å². The van der Waals surface area contributed by atoms with Gasteiger partial charge in [-0.25, -0.2) is 4.98 Å². The highest BCUT2D eigenvalue weighted by Crippen LogP contribution is 2.19. The molecule has 0 spiro atoms. The summed E-state index contributed by atoms with van der Waals surface area (Å²) in [4.78, 5) is 14.4. The fraction of sp³-hybridized carbons (Fsp3) is 0.556. The fourth-order valence-electron chi connectivity index (χ4n) is 0.914. The van der Waals surface area contributed by atoms with Crippen molar-refractivity contribution >= 4 is 22.4 Å². The van der Waals surface area contributed by atoms with Crippen LogP contribution in [0.4, 0.5) is 5.13 Å². The minimum atomic E-state index is -1.10. The molecule has 4 nitrogen and oxygen atoms in total. The highest BCUT2D eigenvalue weighted by atomic mass is 32.1. The van der Waals surface area contributed by atoms with Crippen molar-refractivity contribution in [3.05, 3.63) is 11.1 Å². The molecule has 1 aromatic heterocycles. The highest BCUT2D eigenvalue weighted by molar-refractivity contribution is 7.13. The Morgan fingerprint density at radius 1 is 1.64 bits per heavy atom. The fourth-order valence-corrected chi connectivity index (χ4v) is 1.83. The molecule has 0 aromatic carbocycles. The second-order valence-corrected chi connectivity index (χ2v) is 4.93. The van der Waals surface area contributed by atoms with Crippen molar-refractivity contribution in [1.29, 1.82) is 0 Å². The van der Waals surface area contributed by atoms with E-state index < -0.39 is 5.97 Å². The zero-order chi connectivity index (χ0) is 10.8. The third-order valence-corrected chi connectivity index (χ3v) is 2.17. The largest absolute Gasteiger partial charge is 0.550 e. The average Bonchev–Trinajstić information content (AvgIpc) is 2.30. The molecule has 0 aliphatic rings. The maximum Gasteiger partial charge on any atom is 0.183 e. The lowest BCUT2D eigenvalue weighted by Gasteiger charge is -2.19. The summed E-state index contributed by atoms with van der Waals surface area (Å²) in [5, 5.41) is 15.9. The normalized spacial score (nSPS) is 11.4. The molecule has 1 rings (SSSR count). The summed E-state index contributed by atoms with van der Waals surface area (Å²) in [6.45, 7) is 6.06. The van der Waals surface area contributed by atoms with Crippen LogP contribution in [0.15, 0.2) is 5.38 Å². The second kappa shape index (κ2) is 3.96. The summed E-state index contributed by atoms with van der Waals surface area (Å²) in [6.07, 6.45) is -0.123. The van der Waals surface area contributed by atoms with Crippen LogP contribution >= 0.6 is 11.3 Å². The molecule has 0 fully saturated rings. The first-order valence-electron chi connectivity index (χ1n) is 4.29. The topological polar surface area (TPSA) is 65.0 Å². The molecule has 5 heteroatoms. The van der Waals surface area contributed by atoms with Gasteiger partial charge >= 0.3 is 0 Å². The van der Waals surface area contributed by atoms with Crippen molar-refractivity contribution in [1.82, 2.24) is 4.98 Å². The Morgan fingerprint density at radius 2 is 2.29 bits per heavy atom. The van der Waals surface area contributed by atoms with Gasteiger partial charge in [0.1, 0.15) is 0 Å². The van der Waals surface area contributed by atoms with Crippen molar-refractivity contribution in [2.75, 3.05) is 5.32 Å². The summed E-state index contributed by atoms with van der Waals surface area (Å²) < 4.78 is 0. The van der Waals surface area contributed by atoms with Gasteiger partial charge in [0, 0.05) is 23.3 Å². The molecule has 0 amide bonds. The van der Waals surface area contributed by atoms with Crippen molar-refractivity contribution in [3.8, 4) is 0 Å². The molecule has 0 aliphatic heterocycles. The third-order valence-electron chi connectivity index (χ3n) is 1.36. The van der Waals surface area contributed by atoms with Crippen LogP contribution in [0.2, 0.25) is 0 Å². The lowest BCUT2D eigenvalue weighted by molar-refractivity contribution is -0.304. The van der Waals surface area contributed by atoms with Crippen LogP contribution in [0.25, 0.3) is 0 Å². The van der Waals surface area contributed by atoms with Gasteiger partial charge in [-0.05, 0) is 20.8 Å². The van der Waals surface area contributed by atoms with Crippen LogP contribution < -0.4 is 10.4 Å². The van der Waals surface area contributed by atoms with Crippen LogP contribution in [0.1, 0.15) is 26.5 Å². The van der Waals surface area contributed by atoms with E-state index in [4.69, 9.17) is 0 Å². The Bertz CT molecular complexity index is 328. The molecule has 0 saturated carbocycles. The molecule has 1 aromatic rings. The van der Waals surface area contributed by atoms with Crippen LogP contribution in [-0.4, -0.2) is 16.5 Å². The molecule has 0 unspecified atom stereocenters. The Morgan fingerprint density at radius 3 is 2.79 bits per heavy atom. The van der Waals surface area contributed by atoms with Gasteiger partial charge in [0.15, 0.2) is 5.13 Å². The number of thiazole rings is 1. The molecule has 78 valence electrons. The number of nitrogens with one attached hydrogen (secondary N) is 1. The number of carbonyl (C=O) groups excluding carboxylic acids is 1. The number of aliphatic carboxylic acids is 1. The molecule has 0 radical (unpaired) electrons. The zero-order valence-corrected chi connectivity index (χ0v) is 9.27. The number of anilines is 1. The van der Waals surface area contributed by atoms with Crippen LogP contribution in [0, 0.1) is 0 Å². The maximum absolute atomic E-state index is 10.3. The third kappa shape index (κ3) is 3.74. The number of hydrogen-bond donors (Lipinski definition) is 1. The number of nitrogens with zero attached hydrogens (tertiary/aromatic N) is 1. The summed E-state index contributed by atoms with van der Waals surface area (Å²) in [5.41, 5.74) is 0.484. The maximum atomic E-state index is 10.3. The van der Waals surface area contributed by atoms with Crippen molar-refractivity contribution in [2.24, 2.45) is 0 Å². The molecular weight excluding hydrogens is 200 g/mol. The smallest absolute Gasteiger partial charge is 0.183 e.